The summed E-state index contributed by atoms with van der Waals surface area (Å²) >= 11 is 0. The molecule has 0 heterocycles. The second-order valence-electron chi connectivity index (χ2n) is 2.69. The molecule has 1 aliphatic carbocycles. The monoisotopic (exact) mass is 113 g/mol. The molecule has 0 aromatic rings. The molecule has 0 bridgehead atoms. The number of nitrogens with one attached hydrogen (secondary N) is 1. The van der Waals surface area contributed by atoms with Gasteiger partial charge in [-0.3, -0.25) is 0 Å². The van der Waals surface area contributed by atoms with Crippen molar-refractivity contribution in [3.05, 3.63) is 0 Å². The SMILES string of the molecule is CNCCCC1CC1. The van der Waals surface area contributed by atoms with Crippen molar-refractivity contribution in [2.24, 2.45) is 5.92 Å². The second kappa shape index (κ2) is 3.08. The summed E-state index contributed by atoms with van der Waals surface area (Å²) < 4.78 is 0. The molecule has 0 aliphatic heterocycles. The Bertz CT molecular complexity index is 57.4. The summed E-state index contributed by atoms with van der Waals surface area (Å²) in [5.74, 6) is 1.11. The number of hydrogen-bond donors (Lipinski definition) is 1. The molecule has 0 radical (unpaired) electrons. The summed E-state index contributed by atoms with van der Waals surface area (Å²) in [4.78, 5) is 0. The molecule has 1 saturated carbocycles. The van der Waals surface area contributed by atoms with Crippen LogP contribution in [0.2, 0.25) is 0 Å². The van der Waals surface area contributed by atoms with Crippen molar-refractivity contribution in [2.45, 2.75) is 25.7 Å². The highest BCUT2D eigenvalue weighted by Crippen LogP contribution is 2.33. The zero-order chi connectivity index (χ0) is 5.82. The van der Waals surface area contributed by atoms with Gasteiger partial charge in [0.25, 0.3) is 0 Å². The fraction of sp³-hybridized carbons (Fsp3) is 1.00. The lowest BCUT2D eigenvalue weighted by atomic mass is 10.2. The first-order chi connectivity index (χ1) is 3.93. The first kappa shape index (κ1) is 6.09. The zero-order valence-corrected chi connectivity index (χ0v) is 5.61. The molecule has 0 amide bonds. The third-order valence-electron chi connectivity index (χ3n) is 1.74. The van der Waals surface area contributed by atoms with Crippen LogP contribution in [-0.4, -0.2) is 13.6 Å². The smallest absolute Gasteiger partial charge is 0.00518 e. The minimum Gasteiger partial charge on any atom is -0.320 e. The Kier molecular flexibility index (Phi) is 2.34. The molecule has 1 N–H and O–H groups in total. The number of rotatable bonds is 4. The highest BCUT2D eigenvalue weighted by atomic mass is 14.8. The Hall–Kier alpha value is -0.0400. The molecular formula is C7H15N. The van der Waals surface area contributed by atoms with E-state index in [1.165, 1.54) is 32.2 Å². The van der Waals surface area contributed by atoms with E-state index in [1.807, 2.05) is 7.05 Å². The Morgan fingerprint density at radius 1 is 1.50 bits per heavy atom. The zero-order valence-electron chi connectivity index (χ0n) is 5.61. The van der Waals surface area contributed by atoms with Gasteiger partial charge in [-0.2, -0.15) is 0 Å². The predicted octanol–water partition coefficient (Wildman–Crippen LogP) is 1.40. The van der Waals surface area contributed by atoms with Crippen LogP contribution in [0.4, 0.5) is 0 Å². The standard InChI is InChI=1S/C7H15N/c1-8-6-2-3-7-4-5-7/h7-8H,2-6H2,1H3. The van der Waals surface area contributed by atoms with Gasteiger partial charge in [0, 0.05) is 0 Å². The van der Waals surface area contributed by atoms with Crippen molar-refractivity contribution < 1.29 is 0 Å². The van der Waals surface area contributed by atoms with Crippen LogP contribution < -0.4 is 5.32 Å². The van der Waals surface area contributed by atoms with Crippen LogP contribution in [0.15, 0.2) is 0 Å². The van der Waals surface area contributed by atoms with E-state index < -0.39 is 0 Å². The maximum Gasteiger partial charge on any atom is -0.00518 e. The highest BCUT2D eigenvalue weighted by molar-refractivity contribution is 4.72. The van der Waals surface area contributed by atoms with E-state index in [0.717, 1.165) is 5.92 Å². The molecule has 0 spiro atoms. The maximum absolute atomic E-state index is 3.15. The van der Waals surface area contributed by atoms with Crippen LogP contribution in [0.1, 0.15) is 25.7 Å². The van der Waals surface area contributed by atoms with Crippen molar-refractivity contribution >= 4 is 0 Å². The first-order valence-corrected chi connectivity index (χ1v) is 3.58. The number of hydrogen-bond acceptors (Lipinski definition) is 1. The summed E-state index contributed by atoms with van der Waals surface area (Å²) in [6, 6.07) is 0. The Morgan fingerprint density at radius 2 is 2.25 bits per heavy atom. The van der Waals surface area contributed by atoms with E-state index in [4.69, 9.17) is 0 Å². The van der Waals surface area contributed by atoms with Gasteiger partial charge in [-0.15, -0.1) is 0 Å². The first-order valence-electron chi connectivity index (χ1n) is 3.58. The molecule has 1 heteroatoms. The topological polar surface area (TPSA) is 12.0 Å². The van der Waals surface area contributed by atoms with Gasteiger partial charge in [0.1, 0.15) is 0 Å². The lowest BCUT2D eigenvalue weighted by Crippen LogP contribution is -2.07. The molecule has 0 aromatic heterocycles. The van der Waals surface area contributed by atoms with Crippen molar-refractivity contribution in [1.29, 1.82) is 0 Å². The summed E-state index contributed by atoms with van der Waals surface area (Å²) in [5, 5.41) is 3.15. The molecule has 1 fully saturated rings. The van der Waals surface area contributed by atoms with E-state index in [1.54, 1.807) is 0 Å². The maximum atomic E-state index is 3.15. The highest BCUT2D eigenvalue weighted by Gasteiger charge is 2.19. The van der Waals surface area contributed by atoms with Crippen molar-refractivity contribution in [3.63, 3.8) is 0 Å². The van der Waals surface area contributed by atoms with Crippen LogP contribution in [0.5, 0.6) is 0 Å². The summed E-state index contributed by atoms with van der Waals surface area (Å²) in [6.45, 7) is 1.20. The van der Waals surface area contributed by atoms with Gasteiger partial charge in [-0.05, 0) is 32.4 Å². The molecule has 48 valence electrons. The molecule has 0 aromatic carbocycles. The quantitative estimate of drug-likeness (QED) is 0.543. The van der Waals surface area contributed by atoms with Gasteiger partial charge in [0.2, 0.25) is 0 Å². The minimum atomic E-state index is 1.11. The van der Waals surface area contributed by atoms with E-state index in [9.17, 15) is 0 Å². The molecule has 1 aliphatic rings. The molecule has 0 saturated heterocycles. The van der Waals surface area contributed by atoms with Gasteiger partial charge in [0.05, 0.1) is 0 Å². The Labute approximate surface area is 51.5 Å². The Morgan fingerprint density at radius 3 is 2.75 bits per heavy atom. The van der Waals surface area contributed by atoms with Crippen molar-refractivity contribution in [1.82, 2.24) is 5.32 Å². The van der Waals surface area contributed by atoms with E-state index in [-0.39, 0.29) is 0 Å². The fourth-order valence-electron chi connectivity index (χ4n) is 0.974. The van der Waals surface area contributed by atoms with E-state index in [2.05, 4.69) is 5.32 Å². The second-order valence-corrected chi connectivity index (χ2v) is 2.69. The molecule has 0 atom stereocenters. The third-order valence-corrected chi connectivity index (χ3v) is 1.74. The predicted molar refractivity (Wildman–Crippen MR) is 35.9 cm³/mol. The third kappa shape index (κ3) is 2.31. The average molecular weight is 113 g/mol. The van der Waals surface area contributed by atoms with Gasteiger partial charge in [-0.1, -0.05) is 12.8 Å². The molecule has 1 rings (SSSR count). The summed E-state index contributed by atoms with van der Waals surface area (Å²) in [5.41, 5.74) is 0. The van der Waals surface area contributed by atoms with Crippen LogP contribution in [-0.2, 0) is 0 Å². The fourth-order valence-corrected chi connectivity index (χ4v) is 0.974. The van der Waals surface area contributed by atoms with Gasteiger partial charge < -0.3 is 5.32 Å². The summed E-state index contributed by atoms with van der Waals surface area (Å²) in [7, 11) is 2.02. The Balaban J connectivity index is 1.74. The van der Waals surface area contributed by atoms with Crippen molar-refractivity contribution in [3.8, 4) is 0 Å². The molecule has 1 nitrogen and oxygen atoms in total. The normalized spacial score (nSPS) is 19.1. The summed E-state index contributed by atoms with van der Waals surface area (Å²) in [6.07, 6.45) is 5.84. The van der Waals surface area contributed by atoms with E-state index >= 15 is 0 Å². The molecule has 0 unspecified atom stereocenters. The van der Waals surface area contributed by atoms with Crippen LogP contribution >= 0.6 is 0 Å². The minimum absolute atomic E-state index is 1.11. The van der Waals surface area contributed by atoms with Gasteiger partial charge >= 0.3 is 0 Å². The molecular weight excluding hydrogens is 98.1 g/mol. The molecule has 8 heavy (non-hydrogen) atoms. The van der Waals surface area contributed by atoms with E-state index in [0.29, 0.717) is 0 Å². The average Bonchev–Trinajstić information content (AvgIpc) is 2.51. The lowest BCUT2D eigenvalue weighted by Gasteiger charge is -1.94. The van der Waals surface area contributed by atoms with Gasteiger partial charge in [0.15, 0.2) is 0 Å². The largest absolute Gasteiger partial charge is 0.320 e. The van der Waals surface area contributed by atoms with Crippen LogP contribution in [0, 0.1) is 5.92 Å². The van der Waals surface area contributed by atoms with Gasteiger partial charge in [-0.25, -0.2) is 0 Å². The van der Waals surface area contributed by atoms with Crippen molar-refractivity contribution in [2.75, 3.05) is 13.6 Å². The lowest BCUT2D eigenvalue weighted by molar-refractivity contribution is 0.631. The van der Waals surface area contributed by atoms with Crippen LogP contribution in [0.3, 0.4) is 0 Å². The van der Waals surface area contributed by atoms with Crippen LogP contribution in [0.25, 0.3) is 0 Å².